The Labute approximate surface area is 144 Å². The number of hydrogen-bond donors (Lipinski definition) is 2. The van der Waals surface area contributed by atoms with Gasteiger partial charge in [0.1, 0.15) is 5.75 Å². The topological polar surface area (TPSA) is 111 Å². The molecule has 2 rings (SSSR count). The number of amides is 1. The third kappa shape index (κ3) is 5.40. The van der Waals surface area contributed by atoms with Crippen molar-refractivity contribution in [1.82, 2.24) is 10.5 Å². The van der Waals surface area contributed by atoms with E-state index < -0.39 is 36.5 Å². The second-order valence-electron chi connectivity index (χ2n) is 4.97. The molecular formula is C15H13F3N2O6. The van der Waals surface area contributed by atoms with Crippen LogP contribution in [0.15, 0.2) is 34.9 Å². The molecule has 2 aromatic rings. The van der Waals surface area contributed by atoms with Crippen LogP contribution in [0.25, 0.3) is 0 Å². The van der Waals surface area contributed by atoms with Crippen LogP contribution in [-0.4, -0.2) is 35.6 Å². The maximum atomic E-state index is 12.2. The van der Waals surface area contributed by atoms with Gasteiger partial charge in [0.05, 0.1) is 25.6 Å². The molecule has 26 heavy (non-hydrogen) atoms. The van der Waals surface area contributed by atoms with E-state index in [0.717, 1.165) is 12.1 Å². The summed E-state index contributed by atoms with van der Waals surface area (Å²) in [7, 11) is 1.32. The Balaban J connectivity index is 2.16. The SMILES string of the molecule is COc1cc(C(=O)NC(CC(=O)O)c2ccc(OC(F)(F)F)cc2)on1. The zero-order valence-electron chi connectivity index (χ0n) is 13.2. The van der Waals surface area contributed by atoms with E-state index in [2.05, 4.69) is 15.2 Å². The summed E-state index contributed by atoms with van der Waals surface area (Å²) in [5.41, 5.74) is 0.266. The Bertz CT molecular complexity index is 772. The standard InChI is InChI=1S/C15H13F3N2O6/c1-24-12-7-11(26-20-12)14(23)19-10(6-13(21)22)8-2-4-9(5-3-8)25-15(16,17)18/h2-5,7,10H,6H2,1H3,(H,19,23)(H,21,22). The largest absolute Gasteiger partial charge is 0.573 e. The molecule has 0 spiro atoms. The van der Waals surface area contributed by atoms with E-state index in [1.165, 1.54) is 25.3 Å². The van der Waals surface area contributed by atoms with Gasteiger partial charge in [0.15, 0.2) is 0 Å². The number of alkyl halides is 3. The Morgan fingerprint density at radius 3 is 2.46 bits per heavy atom. The molecule has 11 heteroatoms. The molecule has 1 aromatic heterocycles. The second kappa shape index (κ2) is 7.76. The zero-order valence-corrected chi connectivity index (χ0v) is 13.2. The number of hydrogen-bond acceptors (Lipinski definition) is 6. The van der Waals surface area contributed by atoms with Crippen molar-refractivity contribution in [1.29, 1.82) is 0 Å². The van der Waals surface area contributed by atoms with Gasteiger partial charge in [-0.25, -0.2) is 0 Å². The van der Waals surface area contributed by atoms with Gasteiger partial charge in [0.25, 0.3) is 11.8 Å². The number of ether oxygens (including phenoxy) is 2. The predicted octanol–water partition coefficient (Wildman–Crippen LogP) is 2.53. The van der Waals surface area contributed by atoms with Crippen LogP contribution in [0.3, 0.4) is 0 Å². The number of methoxy groups -OCH3 is 1. The van der Waals surface area contributed by atoms with Gasteiger partial charge in [-0.15, -0.1) is 13.2 Å². The minimum absolute atomic E-state index is 0.0542. The highest BCUT2D eigenvalue weighted by atomic mass is 19.4. The smallest absolute Gasteiger partial charge is 0.481 e. The van der Waals surface area contributed by atoms with Gasteiger partial charge in [-0.3, -0.25) is 9.59 Å². The van der Waals surface area contributed by atoms with Gasteiger partial charge in [0, 0.05) is 0 Å². The normalized spacial score (nSPS) is 12.3. The third-order valence-corrected chi connectivity index (χ3v) is 3.12. The lowest BCUT2D eigenvalue weighted by Gasteiger charge is -2.17. The van der Waals surface area contributed by atoms with Crippen LogP contribution < -0.4 is 14.8 Å². The summed E-state index contributed by atoms with van der Waals surface area (Å²) in [6.45, 7) is 0. The summed E-state index contributed by atoms with van der Waals surface area (Å²) < 4.78 is 49.8. The van der Waals surface area contributed by atoms with E-state index in [1.54, 1.807) is 0 Å². The molecule has 1 unspecified atom stereocenters. The van der Waals surface area contributed by atoms with E-state index in [-0.39, 0.29) is 17.2 Å². The van der Waals surface area contributed by atoms with E-state index in [0.29, 0.717) is 0 Å². The summed E-state index contributed by atoms with van der Waals surface area (Å²) in [6.07, 6.45) is -5.35. The Morgan fingerprint density at radius 1 is 1.31 bits per heavy atom. The number of nitrogens with one attached hydrogen (secondary N) is 1. The van der Waals surface area contributed by atoms with Crippen molar-refractivity contribution >= 4 is 11.9 Å². The monoisotopic (exact) mass is 374 g/mol. The number of carboxylic acids is 1. The number of carbonyl (C=O) groups is 2. The first-order valence-electron chi connectivity index (χ1n) is 7.07. The molecule has 0 aliphatic carbocycles. The average molecular weight is 374 g/mol. The summed E-state index contributed by atoms with van der Waals surface area (Å²) in [6, 6.07) is 4.65. The molecule has 140 valence electrons. The first-order valence-corrected chi connectivity index (χ1v) is 7.07. The fraction of sp³-hybridized carbons (Fsp3) is 0.267. The molecule has 0 saturated heterocycles. The van der Waals surface area contributed by atoms with E-state index in [9.17, 15) is 22.8 Å². The van der Waals surface area contributed by atoms with Crippen molar-refractivity contribution in [2.75, 3.05) is 7.11 Å². The predicted molar refractivity (Wildman–Crippen MR) is 78.6 cm³/mol. The average Bonchev–Trinajstić information content (AvgIpc) is 3.02. The zero-order chi connectivity index (χ0) is 19.3. The van der Waals surface area contributed by atoms with Crippen molar-refractivity contribution in [3.63, 3.8) is 0 Å². The molecule has 1 heterocycles. The summed E-state index contributed by atoms with van der Waals surface area (Å²) in [4.78, 5) is 23.2. The highest BCUT2D eigenvalue weighted by Gasteiger charge is 2.31. The van der Waals surface area contributed by atoms with Crippen molar-refractivity contribution in [2.45, 2.75) is 18.8 Å². The summed E-state index contributed by atoms with van der Waals surface area (Å²) in [5.74, 6) is -2.61. The lowest BCUT2D eigenvalue weighted by molar-refractivity contribution is -0.274. The van der Waals surface area contributed by atoms with E-state index in [4.69, 9.17) is 14.4 Å². The molecule has 1 atom stereocenters. The van der Waals surface area contributed by atoms with Crippen LogP contribution in [0.5, 0.6) is 11.6 Å². The molecular weight excluding hydrogens is 361 g/mol. The van der Waals surface area contributed by atoms with Gasteiger partial charge in [-0.1, -0.05) is 12.1 Å². The van der Waals surface area contributed by atoms with Crippen molar-refractivity contribution in [3.05, 3.63) is 41.7 Å². The number of carboxylic acid groups (broad SMARTS) is 1. The first-order chi connectivity index (χ1) is 12.2. The molecule has 8 nitrogen and oxygen atoms in total. The maximum absolute atomic E-state index is 12.2. The third-order valence-electron chi connectivity index (χ3n) is 3.12. The highest BCUT2D eigenvalue weighted by Crippen LogP contribution is 2.25. The quantitative estimate of drug-likeness (QED) is 0.766. The Hall–Kier alpha value is -3.24. The van der Waals surface area contributed by atoms with Crippen molar-refractivity contribution in [2.24, 2.45) is 0 Å². The van der Waals surface area contributed by atoms with Crippen LogP contribution in [0.4, 0.5) is 13.2 Å². The number of nitrogens with zero attached hydrogens (tertiary/aromatic N) is 1. The molecule has 0 bridgehead atoms. The molecule has 0 radical (unpaired) electrons. The molecule has 0 aliphatic rings. The molecule has 1 aromatic carbocycles. The van der Waals surface area contributed by atoms with Crippen molar-refractivity contribution in [3.8, 4) is 11.6 Å². The second-order valence-corrected chi connectivity index (χ2v) is 4.97. The van der Waals surface area contributed by atoms with Gasteiger partial charge in [-0.05, 0) is 22.9 Å². The van der Waals surface area contributed by atoms with E-state index >= 15 is 0 Å². The Kier molecular flexibility index (Phi) is 5.70. The van der Waals surface area contributed by atoms with Gasteiger partial charge in [0.2, 0.25) is 5.76 Å². The van der Waals surface area contributed by atoms with Gasteiger partial charge in [-0.2, -0.15) is 0 Å². The first kappa shape index (κ1) is 19.1. The molecule has 1 amide bonds. The minimum atomic E-state index is -4.85. The van der Waals surface area contributed by atoms with Gasteiger partial charge >= 0.3 is 12.3 Å². The van der Waals surface area contributed by atoms with Crippen LogP contribution in [-0.2, 0) is 4.79 Å². The van der Waals surface area contributed by atoms with E-state index in [1.807, 2.05) is 0 Å². The van der Waals surface area contributed by atoms with Gasteiger partial charge < -0.3 is 24.4 Å². The van der Waals surface area contributed by atoms with Crippen LogP contribution >= 0.6 is 0 Å². The minimum Gasteiger partial charge on any atom is -0.481 e. The molecule has 0 aliphatic heterocycles. The fourth-order valence-electron chi connectivity index (χ4n) is 2.02. The number of carbonyl (C=O) groups excluding carboxylic acids is 1. The highest BCUT2D eigenvalue weighted by molar-refractivity contribution is 5.92. The number of halogens is 3. The van der Waals surface area contributed by atoms with Crippen molar-refractivity contribution < 1.29 is 41.9 Å². The number of benzene rings is 1. The Morgan fingerprint density at radius 2 is 1.96 bits per heavy atom. The molecule has 0 saturated carbocycles. The summed E-state index contributed by atoms with van der Waals surface area (Å²) >= 11 is 0. The number of aromatic nitrogens is 1. The van der Waals surface area contributed by atoms with Crippen LogP contribution in [0.2, 0.25) is 0 Å². The summed E-state index contributed by atoms with van der Waals surface area (Å²) in [5, 5.41) is 14.9. The fourth-order valence-corrected chi connectivity index (χ4v) is 2.02. The van der Waals surface area contributed by atoms with Crippen LogP contribution in [0, 0.1) is 0 Å². The molecule has 0 fully saturated rings. The lowest BCUT2D eigenvalue weighted by atomic mass is 10.0. The number of rotatable bonds is 7. The maximum Gasteiger partial charge on any atom is 0.573 e. The molecule has 2 N–H and O–H groups in total. The lowest BCUT2D eigenvalue weighted by Crippen LogP contribution is -2.30. The van der Waals surface area contributed by atoms with Crippen LogP contribution in [0.1, 0.15) is 28.6 Å². The number of aliphatic carboxylic acids is 1.